The molecule has 0 saturated heterocycles. The molecule has 0 saturated carbocycles. The van der Waals surface area contributed by atoms with E-state index in [4.69, 9.17) is 4.74 Å². The summed E-state index contributed by atoms with van der Waals surface area (Å²) in [6.07, 6.45) is -3.28. The molecule has 0 atom stereocenters. The van der Waals surface area contributed by atoms with Crippen LogP contribution in [0.15, 0.2) is 24.4 Å². The van der Waals surface area contributed by atoms with Crippen LogP contribution in [0.2, 0.25) is 0 Å². The van der Waals surface area contributed by atoms with E-state index in [0.29, 0.717) is 31.5 Å². The molecular weight excluding hydrogens is 290 g/mol. The van der Waals surface area contributed by atoms with Crippen LogP contribution >= 0.6 is 0 Å². The number of halogens is 4. The number of aromatic nitrogens is 2. The summed E-state index contributed by atoms with van der Waals surface area (Å²) in [5.74, 6) is -0.523. The second kappa shape index (κ2) is 5.03. The lowest BCUT2D eigenvalue weighted by Gasteiger charge is -2.18. The Hall–Kier alpha value is -2.09. The number of ether oxygens (including phenoxy) is 1. The van der Waals surface area contributed by atoms with Gasteiger partial charge in [-0.25, -0.2) is 9.37 Å². The molecule has 0 unspecified atom stereocenters. The maximum Gasteiger partial charge on any atom is 0.419 e. The molecule has 112 valence electrons. The molecule has 0 radical (unpaired) electrons. The molecule has 1 aliphatic heterocycles. The summed E-state index contributed by atoms with van der Waals surface area (Å²) in [6.45, 7) is 1.70. The van der Waals surface area contributed by atoms with E-state index in [9.17, 15) is 17.6 Å². The van der Waals surface area contributed by atoms with E-state index in [0.717, 1.165) is 12.1 Å². The van der Waals surface area contributed by atoms with E-state index in [2.05, 4.69) is 10.3 Å². The molecule has 21 heavy (non-hydrogen) atoms. The molecule has 1 N–H and O–H groups in total. The molecular formula is C13H11F4N3O. The van der Waals surface area contributed by atoms with Crippen LogP contribution in [-0.4, -0.2) is 16.1 Å². The Kier molecular flexibility index (Phi) is 3.32. The van der Waals surface area contributed by atoms with Gasteiger partial charge in [-0.05, 0) is 12.1 Å². The Bertz CT molecular complexity index is 666. The van der Waals surface area contributed by atoms with Gasteiger partial charge in [-0.1, -0.05) is 0 Å². The van der Waals surface area contributed by atoms with Crippen molar-refractivity contribution in [3.05, 3.63) is 41.6 Å². The lowest BCUT2D eigenvalue weighted by atomic mass is 10.2. The van der Waals surface area contributed by atoms with Crippen molar-refractivity contribution in [2.24, 2.45) is 0 Å². The largest absolute Gasteiger partial charge is 0.438 e. The van der Waals surface area contributed by atoms with Gasteiger partial charge in [0.2, 0.25) is 5.88 Å². The van der Waals surface area contributed by atoms with Gasteiger partial charge in [0.25, 0.3) is 0 Å². The van der Waals surface area contributed by atoms with Crippen molar-refractivity contribution in [1.29, 1.82) is 0 Å². The van der Waals surface area contributed by atoms with E-state index >= 15 is 0 Å². The van der Waals surface area contributed by atoms with Gasteiger partial charge >= 0.3 is 6.18 Å². The third-order valence-electron chi connectivity index (χ3n) is 3.16. The number of benzene rings is 1. The zero-order chi connectivity index (χ0) is 15.0. The number of nitrogens with zero attached hydrogens (tertiary/aromatic N) is 2. The molecule has 1 aliphatic rings. The maximum atomic E-state index is 13.2. The smallest absolute Gasteiger partial charge is 0.419 e. The van der Waals surface area contributed by atoms with Gasteiger partial charge in [0.05, 0.1) is 18.3 Å². The Balaban J connectivity index is 1.98. The van der Waals surface area contributed by atoms with Gasteiger partial charge in [-0.2, -0.15) is 13.2 Å². The third kappa shape index (κ3) is 2.71. The van der Waals surface area contributed by atoms with Crippen LogP contribution in [-0.2, 0) is 19.3 Å². The summed E-state index contributed by atoms with van der Waals surface area (Å²) in [5.41, 5.74) is -1.02. The normalized spacial score (nSPS) is 14.9. The highest BCUT2D eigenvalue weighted by Gasteiger charge is 2.35. The highest BCUT2D eigenvalue weighted by Crippen LogP contribution is 2.38. The first-order valence-corrected chi connectivity index (χ1v) is 6.25. The minimum Gasteiger partial charge on any atom is -0.438 e. The summed E-state index contributed by atoms with van der Waals surface area (Å²) < 4.78 is 58.9. The lowest BCUT2D eigenvalue weighted by molar-refractivity contribution is -0.138. The van der Waals surface area contributed by atoms with E-state index in [-0.39, 0.29) is 5.88 Å². The Morgan fingerprint density at radius 1 is 1.29 bits per heavy atom. The van der Waals surface area contributed by atoms with E-state index in [1.807, 2.05) is 0 Å². The number of rotatable bonds is 2. The summed E-state index contributed by atoms with van der Waals surface area (Å²) >= 11 is 0. The van der Waals surface area contributed by atoms with Crippen LogP contribution in [0.4, 0.5) is 17.6 Å². The molecule has 4 nitrogen and oxygen atoms in total. The van der Waals surface area contributed by atoms with Crippen molar-refractivity contribution in [1.82, 2.24) is 14.9 Å². The number of hydrogen-bond donors (Lipinski definition) is 1. The van der Waals surface area contributed by atoms with Gasteiger partial charge in [-0.15, -0.1) is 0 Å². The van der Waals surface area contributed by atoms with Crippen LogP contribution in [0.3, 0.4) is 0 Å². The number of alkyl halides is 3. The molecule has 0 spiro atoms. The minimum atomic E-state index is -4.62. The zero-order valence-corrected chi connectivity index (χ0v) is 10.7. The highest BCUT2D eigenvalue weighted by atomic mass is 19.4. The van der Waals surface area contributed by atoms with Crippen molar-refractivity contribution in [3.8, 4) is 11.6 Å². The van der Waals surface area contributed by atoms with E-state index in [1.165, 1.54) is 6.20 Å². The molecule has 0 bridgehead atoms. The Labute approximate surface area is 117 Å². The number of nitrogens with one attached hydrogen (secondary N) is 1. The lowest BCUT2D eigenvalue weighted by Crippen LogP contribution is -2.28. The highest BCUT2D eigenvalue weighted by molar-refractivity contribution is 5.38. The number of imidazole rings is 1. The van der Waals surface area contributed by atoms with Crippen molar-refractivity contribution >= 4 is 0 Å². The van der Waals surface area contributed by atoms with Crippen molar-refractivity contribution in [2.45, 2.75) is 19.3 Å². The fraction of sp³-hybridized carbons (Fsp3) is 0.308. The molecule has 0 fully saturated rings. The average molecular weight is 301 g/mol. The molecule has 1 aromatic heterocycles. The van der Waals surface area contributed by atoms with Gasteiger partial charge in [0, 0.05) is 19.2 Å². The molecule has 2 aromatic rings. The van der Waals surface area contributed by atoms with Crippen molar-refractivity contribution in [2.75, 3.05) is 6.54 Å². The summed E-state index contributed by atoms with van der Waals surface area (Å²) in [7, 11) is 0. The van der Waals surface area contributed by atoms with Gasteiger partial charge < -0.3 is 10.1 Å². The second-order valence-electron chi connectivity index (χ2n) is 4.58. The van der Waals surface area contributed by atoms with E-state index in [1.54, 1.807) is 4.57 Å². The maximum absolute atomic E-state index is 13.2. The van der Waals surface area contributed by atoms with Crippen LogP contribution in [0.5, 0.6) is 11.6 Å². The fourth-order valence-corrected chi connectivity index (χ4v) is 2.18. The molecule has 0 amide bonds. The molecule has 0 aliphatic carbocycles. The summed E-state index contributed by atoms with van der Waals surface area (Å²) in [6, 6.07) is 2.15. The monoisotopic (exact) mass is 301 g/mol. The van der Waals surface area contributed by atoms with Gasteiger partial charge in [0.15, 0.2) is 0 Å². The Morgan fingerprint density at radius 3 is 2.86 bits per heavy atom. The van der Waals surface area contributed by atoms with Gasteiger partial charge in [0.1, 0.15) is 17.4 Å². The number of fused-ring (bicyclic) bond motifs is 1. The topological polar surface area (TPSA) is 39.1 Å². The van der Waals surface area contributed by atoms with Crippen LogP contribution in [0, 0.1) is 5.82 Å². The first-order valence-electron chi connectivity index (χ1n) is 6.25. The van der Waals surface area contributed by atoms with Crippen LogP contribution in [0.25, 0.3) is 0 Å². The average Bonchev–Trinajstić information content (AvgIpc) is 2.81. The first kappa shape index (κ1) is 13.9. The summed E-state index contributed by atoms with van der Waals surface area (Å²) in [5, 5.41) is 3.08. The van der Waals surface area contributed by atoms with Crippen LogP contribution in [0.1, 0.15) is 11.4 Å². The van der Waals surface area contributed by atoms with Crippen molar-refractivity contribution < 1.29 is 22.3 Å². The molecule has 3 rings (SSSR count). The molecule has 1 aromatic carbocycles. The van der Waals surface area contributed by atoms with Gasteiger partial charge in [-0.3, -0.25) is 4.57 Å². The second-order valence-corrected chi connectivity index (χ2v) is 4.58. The quantitative estimate of drug-likeness (QED) is 0.867. The predicted octanol–water partition coefficient (Wildman–Crippen LogP) is 2.94. The standard InChI is InChI=1S/C13H11F4N3O/c14-8-1-2-9(13(15,16)17)10(5-8)21-12-7-19-11-6-18-3-4-20(11)12/h1-2,5,7,18H,3-4,6H2. The third-order valence-corrected chi connectivity index (χ3v) is 3.16. The number of hydrogen-bond acceptors (Lipinski definition) is 3. The van der Waals surface area contributed by atoms with Crippen LogP contribution < -0.4 is 10.1 Å². The molecule has 8 heteroatoms. The first-order chi connectivity index (χ1) is 9.95. The minimum absolute atomic E-state index is 0.169. The SMILES string of the molecule is Fc1ccc(C(F)(F)F)c(Oc2cnc3n2CCNC3)c1. The predicted molar refractivity (Wildman–Crippen MR) is 65.4 cm³/mol. The van der Waals surface area contributed by atoms with E-state index < -0.39 is 23.3 Å². The van der Waals surface area contributed by atoms with Crippen molar-refractivity contribution in [3.63, 3.8) is 0 Å². The summed E-state index contributed by atoms with van der Waals surface area (Å²) in [4.78, 5) is 4.07. The zero-order valence-electron chi connectivity index (χ0n) is 10.7. The Morgan fingerprint density at radius 2 is 2.10 bits per heavy atom. The molecule has 2 heterocycles. The fourth-order valence-electron chi connectivity index (χ4n) is 2.18.